The van der Waals surface area contributed by atoms with Gasteiger partial charge in [-0.05, 0) is 41.8 Å². The van der Waals surface area contributed by atoms with Crippen LogP contribution in [0.15, 0.2) is 95.2 Å². The Kier molecular flexibility index (Phi) is 4.96. The van der Waals surface area contributed by atoms with Gasteiger partial charge < -0.3 is 4.74 Å². The van der Waals surface area contributed by atoms with Crippen LogP contribution in [0.2, 0.25) is 0 Å². The maximum atomic E-state index is 9.26. The molecule has 0 unspecified atom stereocenters. The average Bonchev–Trinajstić information content (AvgIpc) is 2.78. The van der Waals surface area contributed by atoms with Crippen LogP contribution in [0.3, 0.4) is 0 Å². The Morgan fingerprint density at radius 3 is 2.24 bits per heavy atom. The first kappa shape index (κ1) is 17.9. The molecule has 0 heterocycles. The van der Waals surface area contributed by atoms with Crippen LogP contribution in [0.25, 0.3) is 10.8 Å². The summed E-state index contributed by atoms with van der Waals surface area (Å²) in [6, 6.07) is 29.9. The lowest BCUT2D eigenvalue weighted by atomic mass is 10.1. The third-order valence-corrected chi connectivity index (χ3v) is 4.34. The minimum atomic E-state index is 0.262. The second kappa shape index (κ2) is 8.04. The number of fused-ring (bicyclic) bond motifs is 1. The molecule has 4 aromatic rings. The number of ether oxygens (including phenoxy) is 1. The highest BCUT2D eigenvalue weighted by molar-refractivity contribution is 5.95. The molecule has 136 valence electrons. The van der Waals surface area contributed by atoms with E-state index >= 15 is 0 Å². The molecule has 0 radical (unpaired) electrons. The Morgan fingerprint density at radius 2 is 1.45 bits per heavy atom. The molecule has 0 atom stereocenters. The maximum absolute atomic E-state index is 9.26. The van der Waals surface area contributed by atoms with E-state index in [2.05, 4.69) is 10.2 Å². The highest BCUT2D eigenvalue weighted by atomic mass is 16.5. The van der Waals surface area contributed by atoms with Gasteiger partial charge in [0, 0.05) is 5.39 Å². The lowest BCUT2D eigenvalue weighted by Crippen LogP contribution is -1.89. The fraction of sp³-hybridized carbons (Fsp3) is 0. The van der Waals surface area contributed by atoms with Crippen LogP contribution >= 0.6 is 0 Å². The number of nitrogens with zero attached hydrogens (tertiary/aromatic N) is 4. The normalized spacial score (nSPS) is 10.6. The van der Waals surface area contributed by atoms with Crippen molar-refractivity contribution in [3.63, 3.8) is 0 Å². The molecule has 0 aliphatic carbocycles. The minimum absolute atomic E-state index is 0.262. The number of hydrogen-bond acceptors (Lipinski definition) is 5. The van der Waals surface area contributed by atoms with E-state index in [0.29, 0.717) is 22.7 Å². The second-order valence-electron chi connectivity index (χ2n) is 6.20. The average molecular weight is 374 g/mol. The van der Waals surface area contributed by atoms with Crippen molar-refractivity contribution in [3.05, 3.63) is 96.1 Å². The molecule has 0 N–H and O–H groups in total. The molecule has 0 saturated heterocycles. The van der Waals surface area contributed by atoms with Crippen molar-refractivity contribution < 1.29 is 4.74 Å². The molecule has 5 heteroatoms. The Morgan fingerprint density at radius 1 is 0.690 bits per heavy atom. The predicted molar refractivity (Wildman–Crippen MR) is 111 cm³/mol. The fourth-order valence-corrected chi connectivity index (χ4v) is 2.93. The van der Waals surface area contributed by atoms with E-state index in [1.807, 2.05) is 78.9 Å². The Bertz CT molecular complexity index is 1300. The molecule has 0 aromatic heterocycles. The fourth-order valence-electron chi connectivity index (χ4n) is 2.93. The molecule has 0 aliphatic heterocycles. The molecular formula is C24H14N4O. The molecular weight excluding hydrogens is 360 g/mol. The zero-order chi connectivity index (χ0) is 20.1. The smallest absolute Gasteiger partial charge is 0.155 e. The summed E-state index contributed by atoms with van der Waals surface area (Å²) >= 11 is 0. The lowest BCUT2D eigenvalue weighted by molar-refractivity contribution is 0.484. The van der Waals surface area contributed by atoms with Crippen molar-refractivity contribution in [3.8, 4) is 23.6 Å². The van der Waals surface area contributed by atoms with Gasteiger partial charge in [-0.15, -0.1) is 5.11 Å². The zero-order valence-corrected chi connectivity index (χ0v) is 15.3. The third kappa shape index (κ3) is 3.80. The molecule has 0 fully saturated rings. The zero-order valence-electron chi connectivity index (χ0n) is 15.3. The van der Waals surface area contributed by atoms with Crippen molar-refractivity contribution >= 4 is 22.1 Å². The van der Waals surface area contributed by atoms with E-state index in [4.69, 9.17) is 10.00 Å². The van der Waals surface area contributed by atoms with Crippen LogP contribution in [0.4, 0.5) is 11.4 Å². The number of rotatable bonds is 4. The maximum Gasteiger partial charge on any atom is 0.155 e. The van der Waals surface area contributed by atoms with Crippen LogP contribution in [-0.4, -0.2) is 0 Å². The summed E-state index contributed by atoms with van der Waals surface area (Å²) in [4.78, 5) is 0. The monoisotopic (exact) mass is 374 g/mol. The van der Waals surface area contributed by atoms with Gasteiger partial charge in [0.05, 0.1) is 16.8 Å². The number of azo groups is 1. The Balaban J connectivity index is 1.79. The molecule has 4 aromatic carbocycles. The van der Waals surface area contributed by atoms with Gasteiger partial charge in [0.1, 0.15) is 23.6 Å². The van der Waals surface area contributed by atoms with Gasteiger partial charge in [-0.2, -0.15) is 15.6 Å². The molecule has 4 rings (SSSR count). The molecule has 0 saturated carbocycles. The first-order valence-electron chi connectivity index (χ1n) is 8.89. The van der Waals surface area contributed by atoms with Crippen LogP contribution < -0.4 is 4.74 Å². The number of hydrogen-bond donors (Lipinski definition) is 0. The van der Waals surface area contributed by atoms with Crippen LogP contribution in [0.1, 0.15) is 11.1 Å². The van der Waals surface area contributed by atoms with Crippen molar-refractivity contribution in [2.45, 2.75) is 0 Å². The van der Waals surface area contributed by atoms with Gasteiger partial charge >= 0.3 is 0 Å². The molecule has 0 bridgehead atoms. The largest absolute Gasteiger partial charge is 0.455 e. The van der Waals surface area contributed by atoms with Crippen molar-refractivity contribution in [2.75, 3.05) is 0 Å². The van der Waals surface area contributed by atoms with Gasteiger partial charge in [-0.25, -0.2) is 0 Å². The van der Waals surface area contributed by atoms with E-state index < -0.39 is 0 Å². The topological polar surface area (TPSA) is 81.5 Å². The Labute approximate surface area is 167 Å². The van der Waals surface area contributed by atoms with E-state index in [1.165, 1.54) is 0 Å². The molecule has 0 amide bonds. The first-order chi connectivity index (χ1) is 14.3. The van der Waals surface area contributed by atoms with E-state index in [0.717, 1.165) is 16.5 Å². The lowest BCUT2D eigenvalue weighted by Gasteiger charge is -2.11. The molecule has 0 aliphatic rings. The summed E-state index contributed by atoms with van der Waals surface area (Å²) in [5.41, 5.74) is 1.90. The standard InChI is InChI=1S/C24H14N4O/c25-15-18-10-12-21(14-19(18)16-26)29-23-13-11-17-6-4-5-9-22(17)24(23)28-27-20-7-2-1-3-8-20/h1-14H. The molecule has 0 spiro atoms. The minimum Gasteiger partial charge on any atom is -0.455 e. The second-order valence-corrected chi connectivity index (χ2v) is 6.20. The van der Waals surface area contributed by atoms with Crippen LogP contribution in [0.5, 0.6) is 11.5 Å². The Hall–Kier alpha value is -4.48. The molecule has 5 nitrogen and oxygen atoms in total. The summed E-state index contributed by atoms with van der Waals surface area (Å²) in [5.74, 6) is 0.962. The van der Waals surface area contributed by atoms with Crippen molar-refractivity contribution in [2.24, 2.45) is 10.2 Å². The first-order valence-corrected chi connectivity index (χ1v) is 8.89. The van der Waals surface area contributed by atoms with Crippen molar-refractivity contribution in [1.29, 1.82) is 10.5 Å². The van der Waals surface area contributed by atoms with Crippen molar-refractivity contribution in [1.82, 2.24) is 0 Å². The van der Waals surface area contributed by atoms with Gasteiger partial charge in [0.2, 0.25) is 0 Å². The van der Waals surface area contributed by atoms with E-state index in [9.17, 15) is 5.26 Å². The highest BCUT2D eigenvalue weighted by Crippen LogP contribution is 2.39. The molecule has 29 heavy (non-hydrogen) atoms. The summed E-state index contributed by atoms with van der Waals surface area (Å²) in [6.45, 7) is 0. The third-order valence-electron chi connectivity index (χ3n) is 4.34. The van der Waals surface area contributed by atoms with Gasteiger partial charge in [-0.1, -0.05) is 48.5 Å². The summed E-state index contributed by atoms with van der Waals surface area (Å²) in [5, 5.41) is 29.1. The van der Waals surface area contributed by atoms with E-state index in [1.54, 1.807) is 18.2 Å². The van der Waals surface area contributed by atoms with Crippen LogP contribution in [-0.2, 0) is 0 Å². The summed E-state index contributed by atoms with van der Waals surface area (Å²) in [7, 11) is 0. The van der Waals surface area contributed by atoms with Gasteiger partial charge in [0.15, 0.2) is 5.75 Å². The van der Waals surface area contributed by atoms with E-state index in [-0.39, 0.29) is 5.56 Å². The highest BCUT2D eigenvalue weighted by Gasteiger charge is 2.11. The van der Waals surface area contributed by atoms with Gasteiger partial charge in [-0.3, -0.25) is 0 Å². The SMILES string of the molecule is N#Cc1ccc(Oc2ccc3ccccc3c2N=Nc2ccccc2)cc1C#N. The quantitative estimate of drug-likeness (QED) is 0.369. The number of nitriles is 2. The van der Waals surface area contributed by atoms with Gasteiger partial charge in [0.25, 0.3) is 0 Å². The number of benzene rings is 4. The predicted octanol–water partition coefficient (Wildman–Crippen LogP) is 6.79. The van der Waals surface area contributed by atoms with Crippen LogP contribution in [0, 0.1) is 22.7 Å². The summed E-state index contributed by atoms with van der Waals surface area (Å²) < 4.78 is 6.03. The summed E-state index contributed by atoms with van der Waals surface area (Å²) in [6.07, 6.45) is 0.